The van der Waals surface area contributed by atoms with Gasteiger partial charge in [0.1, 0.15) is 6.04 Å². The first-order valence-electron chi connectivity index (χ1n) is 8.16. The highest BCUT2D eigenvalue weighted by molar-refractivity contribution is 6.03. The van der Waals surface area contributed by atoms with E-state index in [0.717, 1.165) is 5.69 Å². The molecule has 0 bridgehead atoms. The molecular weight excluding hydrogens is 332 g/mol. The number of carbonyl (C=O) groups excluding carboxylic acids is 2. The number of aromatic nitrogens is 4. The Morgan fingerprint density at radius 3 is 2.23 bits per heavy atom. The molecule has 2 heterocycles. The molecule has 2 amide bonds. The van der Waals surface area contributed by atoms with Crippen molar-refractivity contribution in [3.63, 3.8) is 0 Å². The number of benzene rings is 1. The second kappa shape index (κ2) is 7.22. The number of amides is 2. The smallest absolute Gasteiger partial charge is 0.276 e. The first kappa shape index (κ1) is 17.4. The van der Waals surface area contributed by atoms with Crippen molar-refractivity contribution in [1.29, 1.82) is 0 Å². The standard InChI is InChI=1S/C18H20N6O2/c1-12-8-10-19-24(12)13(2)17(25)20-14-4-6-15(7-5-14)21-18(26)16-9-11-23(3)22-16/h4-11,13H,1-3H3,(H,20,25)(H,21,26). The Morgan fingerprint density at radius 1 is 1.04 bits per heavy atom. The third-order valence-corrected chi connectivity index (χ3v) is 3.97. The van der Waals surface area contributed by atoms with Gasteiger partial charge in [-0.2, -0.15) is 10.2 Å². The van der Waals surface area contributed by atoms with Gasteiger partial charge in [-0.3, -0.25) is 19.0 Å². The summed E-state index contributed by atoms with van der Waals surface area (Å²) in [4.78, 5) is 24.4. The van der Waals surface area contributed by atoms with E-state index >= 15 is 0 Å². The van der Waals surface area contributed by atoms with Gasteiger partial charge < -0.3 is 10.6 Å². The Labute approximate surface area is 150 Å². The van der Waals surface area contributed by atoms with Crippen molar-refractivity contribution in [3.8, 4) is 0 Å². The Hall–Kier alpha value is -3.42. The summed E-state index contributed by atoms with van der Waals surface area (Å²) in [5.74, 6) is -0.452. The molecule has 3 rings (SSSR count). The minimum atomic E-state index is -0.423. The number of nitrogens with zero attached hydrogens (tertiary/aromatic N) is 4. The van der Waals surface area contributed by atoms with Crippen molar-refractivity contribution in [2.24, 2.45) is 7.05 Å². The first-order valence-corrected chi connectivity index (χ1v) is 8.16. The molecule has 0 aliphatic rings. The van der Waals surface area contributed by atoms with Gasteiger partial charge in [-0.25, -0.2) is 0 Å². The van der Waals surface area contributed by atoms with Crippen molar-refractivity contribution in [1.82, 2.24) is 19.6 Å². The molecule has 1 aromatic carbocycles. The van der Waals surface area contributed by atoms with Crippen LogP contribution in [-0.4, -0.2) is 31.4 Å². The number of anilines is 2. The van der Waals surface area contributed by atoms with Crippen LogP contribution in [0.25, 0.3) is 0 Å². The lowest BCUT2D eigenvalue weighted by molar-refractivity contribution is -0.119. The number of rotatable bonds is 5. The molecule has 8 heteroatoms. The average Bonchev–Trinajstić information content (AvgIpc) is 3.24. The fourth-order valence-corrected chi connectivity index (χ4v) is 2.51. The van der Waals surface area contributed by atoms with Crippen molar-refractivity contribution < 1.29 is 9.59 Å². The summed E-state index contributed by atoms with van der Waals surface area (Å²) in [6.07, 6.45) is 3.37. The molecule has 3 aromatic rings. The van der Waals surface area contributed by atoms with Gasteiger partial charge in [0.15, 0.2) is 5.69 Å². The molecule has 26 heavy (non-hydrogen) atoms. The van der Waals surface area contributed by atoms with Crippen LogP contribution < -0.4 is 10.6 Å². The molecule has 2 aromatic heterocycles. The van der Waals surface area contributed by atoms with Gasteiger partial charge in [-0.05, 0) is 50.2 Å². The zero-order chi connectivity index (χ0) is 18.7. The maximum Gasteiger partial charge on any atom is 0.276 e. The molecule has 8 nitrogen and oxygen atoms in total. The summed E-state index contributed by atoms with van der Waals surface area (Å²) in [6.45, 7) is 3.69. The quantitative estimate of drug-likeness (QED) is 0.737. The number of aryl methyl sites for hydroxylation is 2. The number of carbonyl (C=O) groups is 2. The molecular formula is C18H20N6O2. The number of hydrogen-bond donors (Lipinski definition) is 2. The van der Waals surface area contributed by atoms with Crippen molar-refractivity contribution >= 4 is 23.2 Å². The van der Waals surface area contributed by atoms with Gasteiger partial charge in [-0.1, -0.05) is 0 Å². The lowest BCUT2D eigenvalue weighted by atomic mass is 10.2. The molecule has 0 saturated heterocycles. The Balaban J connectivity index is 1.61. The van der Waals surface area contributed by atoms with Crippen LogP contribution in [0, 0.1) is 6.92 Å². The summed E-state index contributed by atoms with van der Waals surface area (Å²) >= 11 is 0. The van der Waals surface area contributed by atoms with E-state index in [1.807, 2.05) is 13.0 Å². The molecule has 0 aliphatic heterocycles. The molecule has 0 radical (unpaired) electrons. The topological polar surface area (TPSA) is 93.8 Å². The van der Waals surface area contributed by atoms with Crippen LogP contribution in [0.4, 0.5) is 11.4 Å². The van der Waals surface area contributed by atoms with Gasteiger partial charge in [-0.15, -0.1) is 0 Å². The van der Waals surface area contributed by atoms with E-state index in [9.17, 15) is 9.59 Å². The predicted octanol–water partition coefficient (Wildman–Crippen LogP) is 2.38. The van der Waals surface area contributed by atoms with Crippen molar-refractivity contribution in [3.05, 3.63) is 60.2 Å². The molecule has 2 N–H and O–H groups in total. The van der Waals surface area contributed by atoms with Crippen molar-refractivity contribution in [2.45, 2.75) is 19.9 Å². The van der Waals surface area contributed by atoms with Crippen LogP contribution in [-0.2, 0) is 11.8 Å². The molecule has 0 saturated carbocycles. The fourth-order valence-electron chi connectivity index (χ4n) is 2.51. The van der Waals surface area contributed by atoms with Crippen LogP contribution in [0.2, 0.25) is 0 Å². The van der Waals surface area contributed by atoms with Gasteiger partial charge in [0, 0.05) is 36.5 Å². The molecule has 0 fully saturated rings. The molecule has 0 spiro atoms. The highest BCUT2D eigenvalue weighted by atomic mass is 16.2. The van der Waals surface area contributed by atoms with E-state index in [1.54, 1.807) is 66.1 Å². The molecule has 1 atom stereocenters. The van der Waals surface area contributed by atoms with E-state index in [4.69, 9.17) is 0 Å². The van der Waals surface area contributed by atoms with Crippen molar-refractivity contribution in [2.75, 3.05) is 10.6 Å². The van der Waals surface area contributed by atoms with E-state index < -0.39 is 6.04 Å². The maximum atomic E-state index is 12.4. The van der Waals surface area contributed by atoms with Crippen LogP contribution >= 0.6 is 0 Å². The largest absolute Gasteiger partial charge is 0.324 e. The minimum absolute atomic E-state index is 0.165. The van der Waals surface area contributed by atoms with Crippen LogP contribution in [0.1, 0.15) is 29.1 Å². The highest BCUT2D eigenvalue weighted by Gasteiger charge is 2.17. The summed E-state index contributed by atoms with van der Waals surface area (Å²) < 4.78 is 3.23. The van der Waals surface area contributed by atoms with E-state index in [2.05, 4.69) is 20.8 Å². The Morgan fingerprint density at radius 2 is 1.69 bits per heavy atom. The molecule has 134 valence electrons. The monoisotopic (exact) mass is 352 g/mol. The maximum absolute atomic E-state index is 12.4. The normalized spacial score (nSPS) is 11.8. The Kier molecular flexibility index (Phi) is 4.83. The predicted molar refractivity (Wildman–Crippen MR) is 97.9 cm³/mol. The average molecular weight is 352 g/mol. The van der Waals surface area contributed by atoms with E-state index in [1.165, 1.54) is 0 Å². The van der Waals surface area contributed by atoms with Gasteiger partial charge in [0.2, 0.25) is 5.91 Å². The SMILES string of the molecule is Cc1ccnn1C(C)C(=O)Nc1ccc(NC(=O)c2ccn(C)n2)cc1. The van der Waals surface area contributed by atoms with Crippen LogP contribution in [0.15, 0.2) is 48.8 Å². The van der Waals surface area contributed by atoms with Gasteiger partial charge in [0.25, 0.3) is 5.91 Å². The zero-order valence-corrected chi connectivity index (χ0v) is 14.8. The van der Waals surface area contributed by atoms with Gasteiger partial charge >= 0.3 is 0 Å². The van der Waals surface area contributed by atoms with E-state index in [-0.39, 0.29) is 11.8 Å². The zero-order valence-electron chi connectivity index (χ0n) is 14.8. The third-order valence-electron chi connectivity index (χ3n) is 3.97. The van der Waals surface area contributed by atoms with Gasteiger partial charge in [0.05, 0.1) is 0 Å². The lowest BCUT2D eigenvalue weighted by Gasteiger charge is -2.14. The summed E-state index contributed by atoms with van der Waals surface area (Å²) in [7, 11) is 1.75. The second-order valence-corrected chi connectivity index (χ2v) is 5.99. The third kappa shape index (κ3) is 3.80. The first-order chi connectivity index (χ1) is 12.4. The highest BCUT2D eigenvalue weighted by Crippen LogP contribution is 2.17. The minimum Gasteiger partial charge on any atom is -0.324 e. The van der Waals surface area contributed by atoms with Crippen LogP contribution in [0.5, 0.6) is 0 Å². The lowest BCUT2D eigenvalue weighted by Crippen LogP contribution is -2.25. The molecule has 0 aliphatic carbocycles. The fraction of sp³-hybridized carbons (Fsp3) is 0.222. The number of nitrogens with one attached hydrogen (secondary N) is 2. The van der Waals surface area contributed by atoms with E-state index in [0.29, 0.717) is 17.1 Å². The second-order valence-electron chi connectivity index (χ2n) is 5.99. The number of hydrogen-bond acceptors (Lipinski definition) is 4. The van der Waals surface area contributed by atoms with Crippen LogP contribution in [0.3, 0.4) is 0 Å². The Bertz CT molecular complexity index is 925. The summed E-state index contributed by atoms with van der Waals surface area (Å²) in [5.41, 5.74) is 2.52. The molecule has 1 unspecified atom stereocenters. The summed E-state index contributed by atoms with van der Waals surface area (Å²) in [5, 5.41) is 13.8. The summed E-state index contributed by atoms with van der Waals surface area (Å²) in [6, 6.07) is 9.98.